The van der Waals surface area contributed by atoms with E-state index < -0.39 is 0 Å². The molecule has 32 heavy (non-hydrogen) atoms. The van der Waals surface area contributed by atoms with Crippen LogP contribution >= 0.6 is 0 Å². The third-order valence-electron chi connectivity index (χ3n) is 5.55. The number of amides is 2. The van der Waals surface area contributed by atoms with Gasteiger partial charge in [0, 0.05) is 42.8 Å². The zero-order valence-corrected chi connectivity index (χ0v) is 17.5. The SMILES string of the molecule is O=C(Cn1ccnc1)Nc1nc2ccc(-c3cccc(C(=O)N4CCCCC4)c3)cn2n1. The molecule has 4 heterocycles. The molecule has 0 aliphatic carbocycles. The van der Waals surface area contributed by atoms with Crippen LogP contribution in [0, 0.1) is 0 Å². The van der Waals surface area contributed by atoms with Crippen LogP contribution in [0.4, 0.5) is 5.95 Å². The van der Waals surface area contributed by atoms with E-state index in [1.165, 1.54) is 6.42 Å². The minimum absolute atomic E-state index is 0.0799. The first kappa shape index (κ1) is 19.9. The van der Waals surface area contributed by atoms with E-state index in [0.717, 1.165) is 37.1 Å². The van der Waals surface area contributed by atoms with Crippen molar-refractivity contribution in [1.29, 1.82) is 0 Å². The number of likely N-dealkylation sites (tertiary alicyclic amines) is 1. The number of fused-ring (bicyclic) bond motifs is 1. The van der Waals surface area contributed by atoms with Gasteiger partial charge in [-0.05, 0) is 49.1 Å². The van der Waals surface area contributed by atoms with Crippen LogP contribution in [0.2, 0.25) is 0 Å². The summed E-state index contributed by atoms with van der Waals surface area (Å²) in [6.45, 7) is 1.78. The number of pyridine rings is 1. The summed E-state index contributed by atoms with van der Waals surface area (Å²) >= 11 is 0. The Labute approximate surface area is 184 Å². The molecule has 1 N–H and O–H groups in total. The predicted octanol–water partition coefficient (Wildman–Crippen LogP) is 2.86. The number of anilines is 1. The Morgan fingerprint density at radius 1 is 1.03 bits per heavy atom. The Morgan fingerprint density at radius 2 is 1.91 bits per heavy atom. The molecule has 9 nitrogen and oxygen atoms in total. The van der Waals surface area contributed by atoms with Crippen LogP contribution in [-0.4, -0.2) is 54.0 Å². The molecule has 0 unspecified atom stereocenters. The highest BCUT2D eigenvalue weighted by molar-refractivity contribution is 5.95. The van der Waals surface area contributed by atoms with Gasteiger partial charge in [0.1, 0.15) is 6.54 Å². The lowest BCUT2D eigenvalue weighted by Crippen LogP contribution is -2.35. The van der Waals surface area contributed by atoms with Gasteiger partial charge in [-0.1, -0.05) is 12.1 Å². The summed E-state index contributed by atoms with van der Waals surface area (Å²) < 4.78 is 3.29. The molecule has 2 amide bonds. The number of piperidine rings is 1. The van der Waals surface area contributed by atoms with Crippen molar-refractivity contribution in [2.75, 3.05) is 18.4 Å². The fraction of sp³-hybridized carbons (Fsp3) is 0.261. The highest BCUT2D eigenvalue weighted by atomic mass is 16.2. The molecule has 1 aliphatic rings. The minimum atomic E-state index is -0.233. The predicted molar refractivity (Wildman–Crippen MR) is 119 cm³/mol. The summed E-state index contributed by atoms with van der Waals surface area (Å²) in [6, 6.07) is 11.4. The molecular weight excluding hydrogens is 406 g/mol. The third kappa shape index (κ3) is 4.22. The van der Waals surface area contributed by atoms with Crippen LogP contribution in [0.15, 0.2) is 61.3 Å². The third-order valence-corrected chi connectivity index (χ3v) is 5.55. The lowest BCUT2D eigenvalue weighted by atomic mass is 10.0. The van der Waals surface area contributed by atoms with E-state index in [2.05, 4.69) is 20.4 Å². The lowest BCUT2D eigenvalue weighted by Gasteiger charge is -2.26. The molecule has 9 heteroatoms. The number of aromatic nitrogens is 5. The molecule has 162 valence electrons. The van der Waals surface area contributed by atoms with Crippen LogP contribution < -0.4 is 5.32 Å². The van der Waals surface area contributed by atoms with Crippen LogP contribution in [-0.2, 0) is 11.3 Å². The number of carbonyl (C=O) groups is 2. The topological polar surface area (TPSA) is 97.4 Å². The van der Waals surface area contributed by atoms with Crippen molar-refractivity contribution >= 4 is 23.4 Å². The Bertz CT molecular complexity index is 1260. The molecule has 4 aromatic rings. The number of rotatable bonds is 5. The standard InChI is InChI=1S/C23H23N7O2/c31-21(15-28-12-9-24-16-28)26-23-25-20-8-7-19(14-30(20)27-23)17-5-4-6-18(13-17)22(32)29-10-2-1-3-11-29/h4-9,12-14,16H,1-3,10-11,15H2,(H,26,27,31). The van der Waals surface area contributed by atoms with Gasteiger partial charge in [0.2, 0.25) is 11.9 Å². The number of nitrogens with one attached hydrogen (secondary N) is 1. The second-order valence-corrected chi connectivity index (χ2v) is 7.87. The molecule has 3 aromatic heterocycles. The number of hydrogen-bond donors (Lipinski definition) is 1. The maximum atomic E-state index is 12.9. The molecule has 0 spiro atoms. The summed E-state index contributed by atoms with van der Waals surface area (Å²) in [5.74, 6) is 0.0839. The van der Waals surface area contributed by atoms with Gasteiger partial charge in [-0.15, -0.1) is 5.10 Å². The normalized spacial score (nSPS) is 13.9. The molecule has 1 aromatic carbocycles. The molecular formula is C23H23N7O2. The largest absolute Gasteiger partial charge is 0.339 e. The van der Waals surface area contributed by atoms with Gasteiger partial charge in [0.05, 0.1) is 6.33 Å². The van der Waals surface area contributed by atoms with Crippen LogP contribution in [0.25, 0.3) is 16.8 Å². The molecule has 5 rings (SSSR count). The first-order valence-electron chi connectivity index (χ1n) is 10.7. The average Bonchev–Trinajstić information content (AvgIpc) is 3.48. The summed E-state index contributed by atoms with van der Waals surface area (Å²) in [5, 5.41) is 7.08. The molecule has 0 radical (unpaired) electrons. The molecule has 0 saturated carbocycles. The van der Waals surface area contributed by atoms with Gasteiger partial charge in [-0.25, -0.2) is 9.50 Å². The van der Waals surface area contributed by atoms with Crippen molar-refractivity contribution in [2.24, 2.45) is 0 Å². The zero-order chi connectivity index (χ0) is 21.9. The van der Waals surface area contributed by atoms with Crippen LogP contribution in [0.3, 0.4) is 0 Å². The monoisotopic (exact) mass is 429 g/mol. The van der Waals surface area contributed by atoms with Crippen molar-refractivity contribution in [2.45, 2.75) is 25.8 Å². The van der Waals surface area contributed by atoms with Crippen LogP contribution in [0.1, 0.15) is 29.6 Å². The van der Waals surface area contributed by atoms with Crippen molar-refractivity contribution < 1.29 is 9.59 Å². The first-order chi connectivity index (χ1) is 15.7. The molecule has 1 aliphatic heterocycles. The molecule has 0 bridgehead atoms. The minimum Gasteiger partial charge on any atom is -0.339 e. The second kappa shape index (κ2) is 8.62. The van der Waals surface area contributed by atoms with E-state index in [1.54, 1.807) is 27.8 Å². The zero-order valence-electron chi connectivity index (χ0n) is 17.5. The quantitative estimate of drug-likeness (QED) is 0.526. The van der Waals surface area contributed by atoms with E-state index in [4.69, 9.17) is 0 Å². The Morgan fingerprint density at radius 3 is 2.72 bits per heavy atom. The van der Waals surface area contributed by atoms with Gasteiger partial charge >= 0.3 is 0 Å². The van der Waals surface area contributed by atoms with E-state index in [-0.39, 0.29) is 24.3 Å². The summed E-state index contributed by atoms with van der Waals surface area (Å²) in [5.41, 5.74) is 3.14. The Balaban J connectivity index is 1.34. The average molecular weight is 429 g/mol. The molecule has 0 atom stereocenters. The van der Waals surface area contributed by atoms with Crippen molar-refractivity contribution in [1.82, 2.24) is 29.0 Å². The van der Waals surface area contributed by atoms with Gasteiger partial charge in [-0.2, -0.15) is 4.98 Å². The van der Waals surface area contributed by atoms with Crippen molar-refractivity contribution in [3.05, 3.63) is 66.9 Å². The number of hydrogen-bond acceptors (Lipinski definition) is 5. The van der Waals surface area contributed by atoms with Crippen LogP contribution in [0.5, 0.6) is 0 Å². The van der Waals surface area contributed by atoms with Crippen molar-refractivity contribution in [3.8, 4) is 11.1 Å². The number of carbonyl (C=O) groups excluding carboxylic acids is 2. The van der Waals surface area contributed by atoms with E-state index in [9.17, 15) is 9.59 Å². The highest BCUT2D eigenvalue weighted by Gasteiger charge is 2.18. The smallest absolute Gasteiger partial charge is 0.253 e. The van der Waals surface area contributed by atoms with Gasteiger partial charge in [0.15, 0.2) is 5.65 Å². The second-order valence-electron chi connectivity index (χ2n) is 7.87. The van der Waals surface area contributed by atoms with E-state index in [0.29, 0.717) is 11.2 Å². The number of nitrogens with zero attached hydrogens (tertiary/aromatic N) is 6. The lowest BCUT2D eigenvalue weighted by molar-refractivity contribution is -0.116. The van der Waals surface area contributed by atoms with Gasteiger partial charge in [0.25, 0.3) is 5.91 Å². The molecule has 1 fully saturated rings. The van der Waals surface area contributed by atoms with Crippen molar-refractivity contribution in [3.63, 3.8) is 0 Å². The maximum Gasteiger partial charge on any atom is 0.253 e. The summed E-state index contributed by atoms with van der Waals surface area (Å²) in [4.78, 5) is 35.3. The fourth-order valence-electron chi connectivity index (χ4n) is 3.93. The Hall–Kier alpha value is -4.01. The van der Waals surface area contributed by atoms with E-state index >= 15 is 0 Å². The number of benzene rings is 1. The summed E-state index contributed by atoms with van der Waals surface area (Å²) in [6.07, 6.45) is 10.1. The van der Waals surface area contributed by atoms with E-state index in [1.807, 2.05) is 47.5 Å². The van der Waals surface area contributed by atoms with Gasteiger partial charge in [-0.3, -0.25) is 14.9 Å². The maximum absolute atomic E-state index is 12.9. The fourth-order valence-corrected chi connectivity index (χ4v) is 3.93. The summed E-state index contributed by atoms with van der Waals surface area (Å²) in [7, 11) is 0. The molecule has 1 saturated heterocycles. The first-order valence-corrected chi connectivity index (χ1v) is 10.7. The number of imidazole rings is 1. The van der Waals surface area contributed by atoms with Gasteiger partial charge < -0.3 is 9.47 Å². The Kier molecular flexibility index (Phi) is 5.37. The highest BCUT2D eigenvalue weighted by Crippen LogP contribution is 2.23.